The van der Waals surface area contributed by atoms with E-state index in [0.717, 1.165) is 10.0 Å². The first kappa shape index (κ1) is 12.7. The van der Waals surface area contributed by atoms with Crippen LogP contribution in [-0.2, 0) is 16.0 Å². The van der Waals surface area contributed by atoms with E-state index in [2.05, 4.69) is 29.1 Å². The molecule has 0 saturated heterocycles. The van der Waals surface area contributed by atoms with Crippen molar-refractivity contribution in [3.63, 3.8) is 0 Å². The number of carbonyl (C=O) groups is 1. The largest absolute Gasteiger partial charge is 0.458 e. The monoisotopic (exact) mass is 280 g/mol. The summed E-state index contributed by atoms with van der Waals surface area (Å²) in [6.45, 7) is 7.40. The van der Waals surface area contributed by atoms with E-state index in [1.807, 2.05) is 24.3 Å². The normalized spacial score (nSPS) is 9.56. The van der Waals surface area contributed by atoms with Crippen molar-refractivity contribution in [2.24, 2.45) is 0 Å². The molecule has 2 nitrogen and oxygen atoms in total. The van der Waals surface area contributed by atoms with Crippen LogP contribution in [0, 0.1) is 0 Å². The Morgan fingerprint density at radius 1 is 1.38 bits per heavy atom. The molecule has 0 bridgehead atoms. The highest BCUT2D eigenvalue weighted by Gasteiger charge is 2.08. The van der Waals surface area contributed by atoms with Gasteiger partial charge >= 0.3 is 5.97 Å². The molecule has 0 amide bonds. The van der Waals surface area contributed by atoms with Crippen LogP contribution in [0.4, 0.5) is 0 Å². The molecular weight excluding hydrogens is 268 g/mol. The minimum atomic E-state index is -0.372. The summed E-state index contributed by atoms with van der Waals surface area (Å²) in [4.78, 5) is 11.4. The molecule has 1 aromatic carbocycles. The number of benzene rings is 1. The second-order valence-corrected chi connectivity index (χ2v) is 4.21. The van der Waals surface area contributed by atoms with Gasteiger partial charge in [-0.25, -0.2) is 4.79 Å². The molecular formula is C13H13BrO2. The SMILES string of the molecule is C=CCOC(=O)C(=C)Cc1ccc(Br)cc1. The maximum atomic E-state index is 11.4. The van der Waals surface area contributed by atoms with E-state index in [1.165, 1.54) is 6.08 Å². The van der Waals surface area contributed by atoms with Crippen molar-refractivity contribution < 1.29 is 9.53 Å². The summed E-state index contributed by atoms with van der Waals surface area (Å²) in [5, 5.41) is 0. The Labute approximate surface area is 104 Å². The zero-order valence-corrected chi connectivity index (χ0v) is 10.5. The summed E-state index contributed by atoms with van der Waals surface area (Å²) < 4.78 is 5.89. The van der Waals surface area contributed by atoms with Crippen molar-refractivity contribution in [1.29, 1.82) is 0 Å². The molecule has 0 unspecified atom stereocenters. The number of carbonyl (C=O) groups excluding carboxylic acids is 1. The van der Waals surface area contributed by atoms with Gasteiger partial charge in [0.15, 0.2) is 0 Å². The molecule has 0 spiro atoms. The van der Waals surface area contributed by atoms with Crippen molar-refractivity contribution in [2.45, 2.75) is 6.42 Å². The summed E-state index contributed by atoms with van der Waals surface area (Å²) in [5.41, 5.74) is 1.48. The van der Waals surface area contributed by atoms with Crippen LogP contribution in [0.2, 0.25) is 0 Å². The molecule has 3 heteroatoms. The lowest BCUT2D eigenvalue weighted by atomic mass is 10.1. The fraction of sp³-hybridized carbons (Fsp3) is 0.154. The Morgan fingerprint density at radius 3 is 2.56 bits per heavy atom. The lowest BCUT2D eigenvalue weighted by Crippen LogP contribution is -2.09. The zero-order chi connectivity index (χ0) is 12.0. The summed E-state index contributed by atoms with van der Waals surface area (Å²) in [5.74, 6) is -0.372. The third-order valence-electron chi connectivity index (χ3n) is 1.95. The Balaban J connectivity index is 2.54. The molecule has 0 radical (unpaired) electrons. The molecule has 0 saturated carbocycles. The minimum Gasteiger partial charge on any atom is -0.458 e. The quantitative estimate of drug-likeness (QED) is 0.470. The summed E-state index contributed by atoms with van der Waals surface area (Å²) in [7, 11) is 0. The van der Waals surface area contributed by atoms with Crippen LogP contribution < -0.4 is 0 Å². The van der Waals surface area contributed by atoms with Crippen LogP contribution in [0.25, 0.3) is 0 Å². The maximum Gasteiger partial charge on any atom is 0.334 e. The molecule has 0 fully saturated rings. The number of esters is 1. The molecule has 0 atom stereocenters. The highest BCUT2D eigenvalue weighted by atomic mass is 79.9. The van der Waals surface area contributed by atoms with Crippen molar-refractivity contribution in [3.8, 4) is 0 Å². The van der Waals surface area contributed by atoms with Gasteiger partial charge < -0.3 is 4.74 Å². The molecule has 0 heterocycles. The zero-order valence-electron chi connectivity index (χ0n) is 8.91. The van der Waals surface area contributed by atoms with E-state index < -0.39 is 0 Å². The molecule has 0 aliphatic carbocycles. The maximum absolute atomic E-state index is 11.4. The van der Waals surface area contributed by atoms with Crippen molar-refractivity contribution in [3.05, 3.63) is 59.1 Å². The second-order valence-electron chi connectivity index (χ2n) is 3.29. The third-order valence-corrected chi connectivity index (χ3v) is 2.48. The minimum absolute atomic E-state index is 0.220. The lowest BCUT2D eigenvalue weighted by Gasteiger charge is -2.05. The Kier molecular flexibility index (Phi) is 4.99. The van der Waals surface area contributed by atoms with Gasteiger partial charge in [-0.1, -0.05) is 47.3 Å². The van der Waals surface area contributed by atoms with Crippen molar-refractivity contribution >= 4 is 21.9 Å². The van der Waals surface area contributed by atoms with E-state index in [1.54, 1.807) is 0 Å². The fourth-order valence-electron chi connectivity index (χ4n) is 1.16. The Morgan fingerprint density at radius 2 is 2.00 bits per heavy atom. The molecule has 1 rings (SSSR count). The highest BCUT2D eigenvalue weighted by Crippen LogP contribution is 2.13. The number of ether oxygens (including phenoxy) is 1. The summed E-state index contributed by atoms with van der Waals surface area (Å²) >= 11 is 3.35. The first-order valence-electron chi connectivity index (χ1n) is 4.83. The summed E-state index contributed by atoms with van der Waals surface area (Å²) in [6.07, 6.45) is 2.04. The Hall–Kier alpha value is -1.35. The van der Waals surface area contributed by atoms with Gasteiger partial charge in [0.1, 0.15) is 6.61 Å². The fourth-order valence-corrected chi connectivity index (χ4v) is 1.42. The molecule has 1 aromatic rings. The van der Waals surface area contributed by atoms with E-state index in [4.69, 9.17) is 4.74 Å². The van der Waals surface area contributed by atoms with Gasteiger partial charge in [-0.3, -0.25) is 0 Å². The molecule has 84 valence electrons. The van der Waals surface area contributed by atoms with E-state index in [-0.39, 0.29) is 12.6 Å². The third kappa shape index (κ3) is 4.03. The van der Waals surface area contributed by atoms with Crippen LogP contribution in [-0.4, -0.2) is 12.6 Å². The topological polar surface area (TPSA) is 26.3 Å². The number of rotatable bonds is 5. The van der Waals surface area contributed by atoms with Crippen LogP contribution in [0.3, 0.4) is 0 Å². The van der Waals surface area contributed by atoms with Gasteiger partial charge in [-0.15, -0.1) is 0 Å². The highest BCUT2D eigenvalue weighted by molar-refractivity contribution is 9.10. The van der Waals surface area contributed by atoms with Crippen molar-refractivity contribution in [1.82, 2.24) is 0 Å². The first-order valence-corrected chi connectivity index (χ1v) is 5.63. The predicted octanol–water partition coefficient (Wildman–Crippen LogP) is 3.28. The first-order chi connectivity index (χ1) is 7.63. The van der Waals surface area contributed by atoms with Crippen LogP contribution in [0.15, 0.2) is 53.5 Å². The number of halogens is 1. The van der Waals surface area contributed by atoms with Gasteiger partial charge in [0.05, 0.1) is 0 Å². The predicted molar refractivity (Wildman–Crippen MR) is 68.1 cm³/mol. The molecule has 0 aliphatic rings. The van der Waals surface area contributed by atoms with Gasteiger partial charge in [-0.05, 0) is 17.7 Å². The van der Waals surface area contributed by atoms with Crippen LogP contribution in [0.5, 0.6) is 0 Å². The van der Waals surface area contributed by atoms with E-state index in [0.29, 0.717) is 12.0 Å². The van der Waals surface area contributed by atoms with Gasteiger partial charge in [0.25, 0.3) is 0 Å². The lowest BCUT2D eigenvalue weighted by molar-refractivity contribution is -0.137. The van der Waals surface area contributed by atoms with Crippen LogP contribution >= 0.6 is 15.9 Å². The van der Waals surface area contributed by atoms with Gasteiger partial charge in [0, 0.05) is 16.5 Å². The molecule has 0 N–H and O–H groups in total. The standard InChI is InChI=1S/C13H13BrO2/c1-3-8-16-13(15)10(2)9-11-4-6-12(14)7-5-11/h3-7H,1-2,8-9H2. The molecule has 16 heavy (non-hydrogen) atoms. The Bertz CT molecular complexity index is 393. The average Bonchev–Trinajstić information content (AvgIpc) is 2.29. The smallest absolute Gasteiger partial charge is 0.334 e. The summed E-state index contributed by atoms with van der Waals surface area (Å²) in [6, 6.07) is 7.74. The molecule has 0 aliphatic heterocycles. The molecule has 0 aromatic heterocycles. The van der Waals surface area contributed by atoms with Gasteiger partial charge in [0.2, 0.25) is 0 Å². The average molecular weight is 281 g/mol. The second kappa shape index (κ2) is 6.28. The van der Waals surface area contributed by atoms with E-state index >= 15 is 0 Å². The van der Waals surface area contributed by atoms with Crippen molar-refractivity contribution in [2.75, 3.05) is 6.61 Å². The number of hydrogen-bond acceptors (Lipinski definition) is 2. The van der Waals surface area contributed by atoms with E-state index in [9.17, 15) is 4.79 Å². The van der Waals surface area contributed by atoms with Gasteiger partial charge in [-0.2, -0.15) is 0 Å². The van der Waals surface area contributed by atoms with Crippen LogP contribution in [0.1, 0.15) is 5.56 Å². The number of hydrogen-bond donors (Lipinski definition) is 0.